The summed E-state index contributed by atoms with van der Waals surface area (Å²) in [5.74, 6) is -0.982. The number of carboxylic acids is 1. The maximum absolute atomic E-state index is 10.6. The van der Waals surface area contributed by atoms with Gasteiger partial charge in [0.15, 0.2) is 0 Å². The van der Waals surface area contributed by atoms with E-state index in [9.17, 15) is 14.9 Å². The number of aromatic carboxylic acids is 1. The maximum Gasteiger partial charge on any atom is 0.371 e. The molecule has 2 aromatic rings. The van der Waals surface area contributed by atoms with Crippen LogP contribution in [0.25, 0.3) is 0 Å². The van der Waals surface area contributed by atoms with Crippen molar-refractivity contribution in [3.05, 3.63) is 46.2 Å². The molecule has 2 heterocycles. The number of hydrogen-bond acceptors (Lipinski definition) is 6. The maximum atomic E-state index is 10.6. The van der Waals surface area contributed by atoms with Gasteiger partial charge in [-0.1, -0.05) is 0 Å². The Morgan fingerprint density at radius 1 is 1.53 bits per heavy atom. The molecule has 0 fully saturated rings. The van der Waals surface area contributed by atoms with Crippen molar-refractivity contribution < 1.29 is 24.0 Å². The van der Waals surface area contributed by atoms with Gasteiger partial charge in [0.2, 0.25) is 5.76 Å². The number of hydrogen-bond donors (Lipinski definition) is 1. The summed E-state index contributed by atoms with van der Waals surface area (Å²) in [5, 5.41) is 22.8. The largest absolute Gasteiger partial charge is 0.475 e. The number of aromatic nitrogens is 2. The Hall–Kier alpha value is -2.97. The Morgan fingerprint density at radius 3 is 2.68 bits per heavy atom. The highest BCUT2D eigenvalue weighted by Crippen LogP contribution is 2.12. The standard InChI is InChI=1S/C9H7N3O5.CH2O/c13-9(14)8-2-1-7(17-8)5-11-4-6(3-10-11)12(15)16;1-2/h1-4H,5H2,(H,13,14);1H2. The van der Waals surface area contributed by atoms with E-state index < -0.39 is 10.9 Å². The van der Waals surface area contributed by atoms with Gasteiger partial charge < -0.3 is 14.3 Å². The highest BCUT2D eigenvalue weighted by molar-refractivity contribution is 5.84. The Morgan fingerprint density at radius 2 is 2.21 bits per heavy atom. The summed E-state index contributed by atoms with van der Waals surface area (Å²) in [5.41, 5.74) is -0.130. The van der Waals surface area contributed by atoms with E-state index in [0.717, 1.165) is 6.20 Å². The van der Waals surface area contributed by atoms with E-state index in [0.29, 0.717) is 5.76 Å². The van der Waals surface area contributed by atoms with Crippen LogP contribution in [0.1, 0.15) is 16.3 Å². The molecule has 100 valence electrons. The molecule has 2 aromatic heterocycles. The summed E-state index contributed by atoms with van der Waals surface area (Å²) >= 11 is 0. The molecule has 0 aliphatic carbocycles. The second kappa shape index (κ2) is 6.10. The molecule has 2 rings (SSSR count). The molecule has 0 spiro atoms. The second-order valence-corrected chi connectivity index (χ2v) is 3.22. The third-order valence-electron chi connectivity index (χ3n) is 2.02. The van der Waals surface area contributed by atoms with Crippen molar-refractivity contribution >= 4 is 18.4 Å². The monoisotopic (exact) mass is 267 g/mol. The lowest BCUT2D eigenvalue weighted by molar-refractivity contribution is -0.385. The lowest BCUT2D eigenvalue weighted by Crippen LogP contribution is -1.99. The normalized spacial score (nSPS) is 9.47. The van der Waals surface area contributed by atoms with Gasteiger partial charge in [0.1, 0.15) is 24.9 Å². The van der Waals surface area contributed by atoms with Crippen LogP contribution >= 0.6 is 0 Å². The van der Waals surface area contributed by atoms with Crippen molar-refractivity contribution in [3.8, 4) is 0 Å². The predicted octanol–water partition coefficient (Wildman–Crippen LogP) is 0.946. The van der Waals surface area contributed by atoms with Crippen molar-refractivity contribution in [2.75, 3.05) is 0 Å². The van der Waals surface area contributed by atoms with Gasteiger partial charge in [0, 0.05) is 0 Å². The van der Waals surface area contributed by atoms with Crippen LogP contribution in [0.4, 0.5) is 5.69 Å². The summed E-state index contributed by atoms with van der Waals surface area (Å²) < 4.78 is 6.28. The summed E-state index contributed by atoms with van der Waals surface area (Å²) in [6.07, 6.45) is 2.35. The summed E-state index contributed by atoms with van der Waals surface area (Å²) in [6.45, 7) is 2.14. The van der Waals surface area contributed by atoms with E-state index in [1.807, 2.05) is 6.79 Å². The van der Waals surface area contributed by atoms with Crippen molar-refractivity contribution in [2.24, 2.45) is 0 Å². The number of carbonyl (C=O) groups excluding carboxylic acids is 1. The molecule has 0 atom stereocenters. The van der Waals surface area contributed by atoms with Crippen LogP contribution in [0.3, 0.4) is 0 Å². The minimum atomic E-state index is -1.16. The van der Waals surface area contributed by atoms with Gasteiger partial charge in [0.25, 0.3) is 0 Å². The number of nitrogens with zero attached hydrogens (tertiary/aromatic N) is 3. The second-order valence-electron chi connectivity index (χ2n) is 3.22. The SMILES string of the molecule is C=O.O=C(O)c1ccc(Cn2cc([N+](=O)[O-])cn2)o1. The quantitative estimate of drug-likeness (QED) is 0.644. The van der Waals surface area contributed by atoms with Crippen LogP contribution in [0.5, 0.6) is 0 Å². The van der Waals surface area contributed by atoms with Gasteiger partial charge in [-0.25, -0.2) is 4.79 Å². The molecular formula is C10H9N3O6. The number of nitro groups is 1. The van der Waals surface area contributed by atoms with Crippen LogP contribution in [0, 0.1) is 10.1 Å². The number of furan rings is 1. The van der Waals surface area contributed by atoms with Gasteiger partial charge in [-0.15, -0.1) is 0 Å². The minimum Gasteiger partial charge on any atom is -0.475 e. The molecule has 0 bridgehead atoms. The van der Waals surface area contributed by atoms with E-state index in [1.165, 1.54) is 23.0 Å². The van der Waals surface area contributed by atoms with Gasteiger partial charge >= 0.3 is 11.7 Å². The van der Waals surface area contributed by atoms with Gasteiger partial charge in [-0.2, -0.15) is 5.10 Å². The van der Waals surface area contributed by atoms with E-state index >= 15 is 0 Å². The average molecular weight is 267 g/mol. The molecule has 0 aliphatic heterocycles. The van der Waals surface area contributed by atoms with Gasteiger partial charge in [0.05, 0.1) is 11.5 Å². The van der Waals surface area contributed by atoms with Crippen molar-refractivity contribution in [3.63, 3.8) is 0 Å². The highest BCUT2D eigenvalue weighted by atomic mass is 16.6. The summed E-state index contributed by atoms with van der Waals surface area (Å²) in [6, 6.07) is 2.80. The first-order chi connectivity index (χ1) is 9.06. The fraction of sp³-hybridized carbons (Fsp3) is 0.100. The zero-order valence-electron chi connectivity index (χ0n) is 9.55. The highest BCUT2D eigenvalue weighted by Gasteiger charge is 2.12. The van der Waals surface area contributed by atoms with E-state index in [1.54, 1.807) is 0 Å². The number of rotatable bonds is 4. The lowest BCUT2D eigenvalue weighted by atomic mass is 10.4. The zero-order valence-corrected chi connectivity index (χ0v) is 9.55. The van der Waals surface area contributed by atoms with Crippen LogP contribution in [-0.4, -0.2) is 32.6 Å². The lowest BCUT2D eigenvalue weighted by Gasteiger charge is -1.95. The first-order valence-electron chi connectivity index (χ1n) is 4.84. The van der Waals surface area contributed by atoms with Crippen molar-refractivity contribution in [1.82, 2.24) is 9.78 Å². The first-order valence-corrected chi connectivity index (χ1v) is 4.84. The Kier molecular flexibility index (Phi) is 4.52. The molecule has 0 aromatic carbocycles. The van der Waals surface area contributed by atoms with Crippen LogP contribution < -0.4 is 0 Å². The Balaban J connectivity index is 0.000000861. The predicted molar refractivity (Wildman–Crippen MR) is 60.8 cm³/mol. The molecule has 1 N–H and O–H groups in total. The van der Waals surface area contributed by atoms with Crippen molar-refractivity contribution in [2.45, 2.75) is 6.54 Å². The zero-order chi connectivity index (χ0) is 14.4. The van der Waals surface area contributed by atoms with Gasteiger partial charge in [-0.3, -0.25) is 14.8 Å². The van der Waals surface area contributed by atoms with Crippen molar-refractivity contribution in [1.29, 1.82) is 0 Å². The Bertz CT molecular complexity index is 537. The molecule has 0 saturated carbocycles. The fourth-order valence-corrected chi connectivity index (χ4v) is 1.27. The van der Waals surface area contributed by atoms with E-state index in [4.69, 9.17) is 14.3 Å². The smallest absolute Gasteiger partial charge is 0.371 e. The van der Waals surface area contributed by atoms with Crippen LogP contribution in [-0.2, 0) is 11.3 Å². The molecule has 0 saturated heterocycles. The topological polar surface area (TPSA) is 128 Å². The van der Waals surface area contributed by atoms with E-state index in [-0.39, 0.29) is 18.0 Å². The van der Waals surface area contributed by atoms with Gasteiger partial charge in [-0.05, 0) is 12.1 Å². The number of carboxylic acid groups (broad SMARTS) is 1. The number of carbonyl (C=O) groups is 2. The first kappa shape index (κ1) is 14.1. The van der Waals surface area contributed by atoms with Crippen LogP contribution in [0.2, 0.25) is 0 Å². The average Bonchev–Trinajstić information content (AvgIpc) is 3.01. The minimum absolute atomic E-state index is 0.130. The molecule has 0 unspecified atom stereocenters. The van der Waals surface area contributed by atoms with Crippen LogP contribution in [0.15, 0.2) is 28.9 Å². The molecule has 0 aliphatic rings. The third kappa shape index (κ3) is 3.49. The molecule has 9 heteroatoms. The molecule has 9 nitrogen and oxygen atoms in total. The Labute approximate surface area is 106 Å². The summed E-state index contributed by atoms with van der Waals surface area (Å²) in [7, 11) is 0. The third-order valence-corrected chi connectivity index (χ3v) is 2.02. The molecular weight excluding hydrogens is 258 g/mol. The molecule has 19 heavy (non-hydrogen) atoms. The molecule has 0 radical (unpaired) electrons. The molecule has 0 amide bonds. The van der Waals surface area contributed by atoms with E-state index in [2.05, 4.69) is 5.10 Å². The summed E-state index contributed by atoms with van der Waals surface area (Å²) in [4.78, 5) is 28.4. The fourth-order valence-electron chi connectivity index (χ4n) is 1.27.